The molecule has 10 heavy (non-hydrogen) atoms. The fraction of sp³-hybridized carbons (Fsp3) is 0.333. The first-order valence-corrected chi connectivity index (χ1v) is 2.58. The lowest BCUT2D eigenvalue weighted by atomic mass is 10.8. The van der Waals surface area contributed by atoms with Crippen LogP contribution in [-0.4, -0.2) is 11.3 Å². The Bertz CT molecular complexity index is 165. The SMILES string of the molecule is FC(F)(F)N1C=C(Cl)[N]N1. The molecule has 1 heterocycles. The first kappa shape index (κ1) is 7.49. The molecule has 3 nitrogen and oxygen atoms in total. The zero-order valence-corrected chi connectivity index (χ0v) is 5.24. The Kier molecular flexibility index (Phi) is 1.65. The van der Waals surface area contributed by atoms with Gasteiger partial charge in [-0.2, -0.15) is 5.43 Å². The third-order valence-corrected chi connectivity index (χ3v) is 0.955. The van der Waals surface area contributed by atoms with Crippen LogP contribution in [0.5, 0.6) is 0 Å². The van der Waals surface area contributed by atoms with Gasteiger partial charge in [0.2, 0.25) is 0 Å². The maximum atomic E-state index is 11.6. The number of rotatable bonds is 0. The second-order valence-electron chi connectivity index (χ2n) is 1.50. The van der Waals surface area contributed by atoms with E-state index in [2.05, 4.69) is 5.43 Å². The topological polar surface area (TPSA) is 29.4 Å². The molecule has 7 heteroatoms. The van der Waals surface area contributed by atoms with Gasteiger partial charge in [0.05, 0.1) is 6.20 Å². The molecule has 0 aromatic carbocycles. The Morgan fingerprint density at radius 1 is 1.60 bits per heavy atom. The van der Waals surface area contributed by atoms with Gasteiger partial charge in [-0.15, -0.1) is 18.7 Å². The van der Waals surface area contributed by atoms with Crippen molar-refractivity contribution < 1.29 is 13.2 Å². The smallest absolute Gasteiger partial charge is 0.201 e. The lowest BCUT2D eigenvalue weighted by Gasteiger charge is -2.16. The summed E-state index contributed by atoms with van der Waals surface area (Å²) >= 11 is 5.10. The van der Waals surface area contributed by atoms with Crippen LogP contribution < -0.4 is 11.0 Å². The number of alkyl halides is 3. The van der Waals surface area contributed by atoms with Crippen molar-refractivity contribution in [3.63, 3.8) is 0 Å². The average Bonchev–Trinajstić information content (AvgIpc) is 2.11. The summed E-state index contributed by atoms with van der Waals surface area (Å²) in [4.78, 5) is 0. The predicted molar refractivity (Wildman–Crippen MR) is 27.1 cm³/mol. The minimum absolute atomic E-state index is 0.144. The number of hydrogen-bond acceptors (Lipinski definition) is 2. The molecule has 57 valence electrons. The van der Waals surface area contributed by atoms with E-state index in [4.69, 9.17) is 11.6 Å². The van der Waals surface area contributed by atoms with Gasteiger partial charge in [0.15, 0.2) is 5.16 Å². The maximum Gasteiger partial charge on any atom is 0.500 e. The zero-order valence-electron chi connectivity index (χ0n) is 4.48. The van der Waals surface area contributed by atoms with Crippen LogP contribution in [0, 0.1) is 0 Å². The third-order valence-electron chi connectivity index (χ3n) is 0.773. The van der Waals surface area contributed by atoms with Crippen molar-refractivity contribution in [1.29, 1.82) is 0 Å². The number of nitrogens with one attached hydrogen (secondary N) is 1. The molecule has 0 aliphatic carbocycles. The summed E-state index contributed by atoms with van der Waals surface area (Å²) in [6.45, 7) is 0. The summed E-state index contributed by atoms with van der Waals surface area (Å²) in [5.74, 6) is 0. The quantitative estimate of drug-likeness (QED) is 0.550. The molecule has 0 aromatic heterocycles. The van der Waals surface area contributed by atoms with Crippen LogP contribution >= 0.6 is 11.6 Å². The summed E-state index contributed by atoms with van der Waals surface area (Å²) < 4.78 is 34.9. The van der Waals surface area contributed by atoms with Gasteiger partial charge in [0.1, 0.15) is 0 Å². The minimum Gasteiger partial charge on any atom is -0.201 e. The molecule has 1 N–H and O–H groups in total. The van der Waals surface area contributed by atoms with E-state index in [1.165, 1.54) is 0 Å². The normalized spacial score (nSPS) is 18.8. The van der Waals surface area contributed by atoms with E-state index in [9.17, 15) is 13.2 Å². The summed E-state index contributed by atoms with van der Waals surface area (Å²) in [6.07, 6.45) is -3.83. The summed E-state index contributed by atoms with van der Waals surface area (Å²) in [7, 11) is 0. The van der Waals surface area contributed by atoms with Crippen LogP contribution in [0.2, 0.25) is 0 Å². The van der Waals surface area contributed by atoms with Crippen molar-refractivity contribution in [2.45, 2.75) is 6.30 Å². The molecule has 1 aliphatic heterocycles. The van der Waals surface area contributed by atoms with Gasteiger partial charge in [-0.05, 0) is 0 Å². The Hall–Kier alpha value is -0.620. The standard InChI is InChI=1S/C3H2ClF3N3/c4-2-1-10(9-8-2)3(5,6)7/h1,9H. The highest BCUT2D eigenvalue weighted by molar-refractivity contribution is 6.29. The van der Waals surface area contributed by atoms with Crippen LogP contribution in [0.3, 0.4) is 0 Å². The highest BCUT2D eigenvalue weighted by atomic mass is 35.5. The van der Waals surface area contributed by atoms with Crippen LogP contribution in [0.1, 0.15) is 0 Å². The maximum absolute atomic E-state index is 11.6. The van der Waals surface area contributed by atoms with Gasteiger partial charge in [0, 0.05) is 0 Å². The van der Waals surface area contributed by atoms with E-state index in [-0.39, 0.29) is 10.2 Å². The number of hydrazine groups is 1. The van der Waals surface area contributed by atoms with Gasteiger partial charge in [-0.1, -0.05) is 11.6 Å². The number of halogens is 4. The van der Waals surface area contributed by atoms with E-state index in [1.807, 2.05) is 0 Å². The molecule has 0 spiro atoms. The largest absolute Gasteiger partial charge is 0.500 e. The molecule has 1 rings (SSSR count). The first-order chi connectivity index (χ1) is 4.50. The third kappa shape index (κ3) is 1.45. The summed E-state index contributed by atoms with van der Waals surface area (Å²) in [5, 5.41) is -0.368. The molecule has 0 fully saturated rings. The van der Waals surface area contributed by atoms with Gasteiger partial charge < -0.3 is 0 Å². The molecule has 0 amide bonds. The zero-order chi connectivity index (χ0) is 7.78. The second-order valence-corrected chi connectivity index (χ2v) is 1.89. The number of hydrogen-bond donors (Lipinski definition) is 1. The molecule has 0 bridgehead atoms. The summed E-state index contributed by atoms with van der Waals surface area (Å²) in [5.41, 5.74) is 4.72. The second kappa shape index (κ2) is 2.21. The van der Waals surface area contributed by atoms with Crippen molar-refractivity contribution in [2.24, 2.45) is 0 Å². The van der Waals surface area contributed by atoms with Crippen molar-refractivity contribution >= 4 is 11.6 Å². The molecular weight excluding hydrogens is 171 g/mol. The highest BCUT2D eigenvalue weighted by Gasteiger charge is 2.38. The molecule has 1 radical (unpaired) electrons. The van der Waals surface area contributed by atoms with Crippen molar-refractivity contribution in [3.8, 4) is 0 Å². The van der Waals surface area contributed by atoms with Crippen molar-refractivity contribution in [3.05, 3.63) is 11.4 Å². The Balaban J connectivity index is 2.61. The van der Waals surface area contributed by atoms with E-state index >= 15 is 0 Å². The van der Waals surface area contributed by atoms with Gasteiger partial charge in [0.25, 0.3) is 0 Å². The lowest BCUT2D eigenvalue weighted by Crippen LogP contribution is -2.42. The van der Waals surface area contributed by atoms with Gasteiger partial charge >= 0.3 is 6.30 Å². The number of nitrogens with zero attached hydrogens (tertiary/aromatic N) is 2. The monoisotopic (exact) mass is 172 g/mol. The van der Waals surface area contributed by atoms with E-state index < -0.39 is 6.30 Å². The molecule has 0 saturated heterocycles. The molecular formula is C3H2ClF3N3. The van der Waals surface area contributed by atoms with E-state index in [0.717, 1.165) is 0 Å². The summed E-state index contributed by atoms with van der Waals surface area (Å²) in [6, 6.07) is 0. The van der Waals surface area contributed by atoms with E-state index in [1.54, 1.807) is 5.53 Å². The Morgan fingerprint density at radius 3 is 2.40 bits per heavy atom. The van der Waals surface area contributed by atoms with Crippen molar-refractivity contribution in [2.75, 3.05) is 0 Å². The predicted octanol–water partition coefficient (Wildman–Crippen LogP) is 0.883. The van der Waals surface area contributed by atoms with Gasteiger partial charge in [-0.25, -0.2) is 5.01 Å². The first-order valence-electron chi connectivity index (χ1n) is 2.20. The average molecular weight is 173 g/mol. The van der Waals surface area contributed by atoms with Crippen LogP contribution in [0.15, 0.2) is 11.4 Å². The van der Waals surface area contributed by atoms with Crippen molar-refractivity contribution in [1.82, 2.24) is 16.0 Å². The fourth-order valence-electron chi connectivity index (χ4n) is 0.396. The highest BCUT2D eigenvalue weighted by Crippen LogP contribution is 2.22. The molecule has 0 aromatic rings. The van der Waals surface area contributed by atoms with Gasteiger partial charge in [-0.3, -0.25) is 0 Å². The minimum atomic E-state index is -4.47. The van der Waals surface area contributed by atoms with Crippen LogP contribution in [0.4, 0.5) is 13.2 Å². The lowest BCUT2D eigenvalue weighted by molar-refractivity contribution is -0.243. The van der Waals surface area contributed by atoms with Crippen LogP contribution in [-0.2, 0) is 0 Å². The molecule has 0 atom stereocenters. The van der Waals surface area contributed by atoms with Crippen LogP contribution in [0.25, 0.3) is 0 Å². The molecule has 0 unspecified atom stereocenters. The molecule has 0 saturated carbocycles. The Morgan fingerprint density at radius 2 is 2.20 bits per heavy atom. The fourth-order valence-corrected chi connectivity index (χ4v) is 0.531. The van der Waals surface area contributed by atoms with E-state index in [0.29, 0.717) is 6.20 Å². The molecule has 1 aliphatic rings. The Labute approximate surface area is 59.4 Å².